The van der Waals surface area contributed by atoms with E-state index in [4.69, 9.17) is 33.7 Å². The number of rotatable bonds is 3. The van der Waals surface area contributed by atoms with E-state index in [-0.39, 0.29) is 19.0 Å². The Hall–Kier alpha value is -1.73. The van der Waals surface area contributed by atoms with Crippen molar-refractivity contribution in [2.75, 3.05) is 6.54 Å². The van der Waals surface area contributed by atoms with E-state index in [1.807, 2.05) is 0 Å². The molecule has 0 radical (unpaired) electrons. The van der Waals surface area contributed by atoms with Crippen molar-refractivity contribution in [1.29, 1.82) is 0 Å². The molecule has 0 aliphatic heterocycles. The maximum atomic E-state index is 13.3. The Labute approximate surface area is 132 Å². The van der Waals surface area contributed by atoms with Crippen LogP contribution in [0.4, 0.5) is 4.39 Å². The van der Waals surface area contributed by atoms with Crippen molar-refractivity contribution in [3.8, 4) is 17.6 Å². The van der Waals surface area contributed by atoms with Gasteiger partial charge in [-0.2, -0.15) is 0 Å². The van der Waals surface area contributed by atoms with E-state index in [1.165, 1.54) is 12.1 Å². The molecular weight excluding hydrogens is 312 g/mol. The number of nitrogens with two attached hydrogens (primary N) is 1. The summed E-state index contributed by atoms with van der Waals surface area (Å²) in [5.74, 6) is 5.62. The molecule has 0 saturated heterocycles. The summed E-state index contributed by atoms with van der Waals surface area (Å²) in [4.78, 5) is 0. The highest BCUT2D eigenvalue weighted by molar-refractivity contribution is 6.34. The first-order valence-electron chi connectivity index (χ1n) is 6.15. The summed E-state index contributed by atoms with van der Waals surface area (Å²) in [6.07, 6.45) is 0. The van der Waals surface area contributed by atoms with Crippen molar-refractivity contribution < 1.29 is 9.13 Å². The van der Waals surface area contributed by atoms with E-state index < -0.39 is 0 Å². The quantitative estimate of drug-likeness (QED) is 0.866. The van der Waals surface area contributed by atoms with Crippen molar-refractivity contribution in [2.45, 2.75) is 6.61 Å². The van der Waals surface area contributed by atoms with Gasteiger partial charge >= 0.3 is 0 Å². The fourth-order valence-electron chi connectivity index (χ4n) is 1.68. The second kappa shape index (κ2) is 7.33. The molecule has 0 bridgehead atoms. The number of halogens is 3. The number of benzene rings is 2. The molecule has 0 heterocycles. The standard InChI is InChI=1S/C16H12Cl2FNO/c17-13-4-6-15(18)16(9-13)21-10-12-3-5-14(19)8-11(12)2-1-7-20/h3-6,8-9H,7,10,20H2. The third-order valence-corrected chi connectivity index (χ3v) is 3.22. The van der Waals surface area contributed by atoms with E-state index >= 15 is 0 Å². The minimum Gasteiger partial charge on any atom is -0.487 e. The van der Waals surface area contributed by atoms with Gasteiger partial charge in [-0.3, -0.25) is 0 Å². The summed E-state index contributed by atoms with van der Waals surface area (Å²) >= 11 is 11.9. The first-order valence-corrected chi connectivity index (χ1v) is 6.91. The summed E-state index contributed by atoms with van der Waals surface area (Å²) < 4.78 is 18.9. The molecule has 0 aliphatic carbocycles. The van der Waals surface area contributed by atoms with Crippen LogP contribution in [0, 0.1) is 17.7 Å². The smallest absolute Gasteiger partial charge is 0.139 e. The molecule has 0 aliphatic rings. The second-order valence-corrected chi connectivity index (χ2v) is 5.01. The number of hydrogen-bond donors (Lipinski definition) is 1. The molecule has 2 aromatic rings. The largest absolute Gasteiger partial charge is 0.487 e. The topological polar surface area (TPSA) is 35.2 Å². The van der Waals surface area contributed by atoms with Gasteiger partial charge in [0.25, 0.3) is 0 Å². The van der Waals surface area contributed by atoms with Crippen LogP contribution in [0.5, 0.6) is 5.75 Å². The zero-order valence-electron chi connectivity index (χ0n) is 11.0. The molecule has 21 heavy (non-hydrogen) atoms. The molecule has 0 fully saturated rings. The Kier molecular flexibility index (Phi) is 5.46. The predicted molar refractivity (Wildman–Crippen MR) is 83.1 cm³/mol. The van der Waals surface area contributed by atoms with Crippen LogP contribution in [0.25, 0.3) is 0 Å². The van der Waals surface area contributed by atoms with Gasteiger partial charge in [-0.15, -0.1) is 0 Å². The van der Waals surface area contributed by atoms with Gasteiger partial charge in [0.15, 0.2) is 0 Å². The van der Waals surface area contributed by atoms with Crippen LogP contribution in [-0.4, -0.2) is 6.54 Å². The zero-order valence-corrected chi connectivity index (χ0v) is 12.5. The molecule has 2 nitrogen and oxygen atoms in total. The molecule has 2 N–H and O–H groups in total. The molecule has 0 amide bonds. The van der Waals surface area contributed by atoms with Crippen LogP contribution in [0.2, 0.25) is 10.0 Å². The van der Waals surface area contributed by atoms with Crippen molar-refractivity contribution in [3.63, 3.8) is 0 Å². The summed E-state index contributed by atoms with van der Waals surface area (Å²) in [5.41, 5.74) is 6.62. The van der Waals surface area contributed by atoms with Crippen LogP contribution >= 0.6 is 23.2 Å². The maximum Gasteiger partial charge on any atom is 0.139 e. The average Bonchev–Trinajstić information content (AvgIpc) is 2.47. The molecule has 0 saturated carbocycles. The molecule has 2 rings (SSSR count). The Bertz CT molecular complexity index is 707. The van der Waals surface area contributed by atoms with Gasteiger partial charge in [0, 0.05) is 22.2 Å². The van der Waals surface area contributed by atoms with Crippen LogP contribution in [0.1, 0.15) is 11.1 Å². The number of ether oxygens (including phenoxy) is 1. The molecule has 0 aromatic heterocycles. The van der Waals surface area contributed by atoms with Crippen molar-refractivity contribution in [3.05, 3.63) is 63.4 Å². The Balaban J connectivity index is 2.21. The lowest BCUT2D eigenvalue weighted by molar-refractivity contribution is 0.306. The molecule has 0 unspecified atom stereocenters. The van der Waals surface area contributed by atoms with Gasteiger partial charge in [-0.1, -0.05) is 41.1 Å². The first-order chi connectivity index (χ1) is 10.1. The van der Waals surface area contributed by atoms with Crippen LogP contribution in [0.3, 0.4) is 0 Å². The molecule has 0 spiro atoms. The third-order valence-electron chi connectivity index (χ3n) is 2.67. The van der Waals surface area contributed by atoms with Crippen LogP contribution in [-0.2, 0) is 6.61 Å². The Morgan fingerprint density at radius 1 is 1.14 bits per heavy atom. The fourth-order valence-corrected chi connectivity index (χ4v) is 2.01. The minimum atomic E-state index is -0.360. The molecular formula is C16H12Cl2FNO. The Morgan fingerprint density at radius 3 is 2.71 bits per heavy atom. The highest BCUT2D eigenvalue weighted by atomic mass is 35.5. The van der Waals surface area contributed by atoms with Crippen molar-refractivity contribution in [2.24, 2.45) is 5.73 Å². The van der Waals surface area contributed by atoms with Gasteiger partial charge in [0.1, 0.15) is 18.2 Å². The highest BCUT2D eigenvalue weighted by Crippen LogP contribution is 2.28. The molecule has 5 heteroatoms. The van der Waals surface area contributed by atoms with Gasteiger partial charge in [-0.25, -0.2) is 4.39 Å². The van der Waals surface area contributed by atoms with Gasteiger partial charge < -0.3 is 10.5 Å². The predicted octanol–water partition coefficient (Wildman–Crippen LogP) is 4.02. The summed E-state index contributed by atoms with van der Waals surface area (Å²) in [6, 6.07) is 9.27. The van der Waals surface area contributed by atoms with E-state index in [0.29, 0.717) is 21.4 Å². The second-order valence-electron chi connectivity index (χ2n) is 4.17. The van der Waals surface area contributed by atoms with Crippen LogP contribution < -0.4 is 10.5 Å². The van der Waals surface area contributed by atoms with E-state index in [0.717, 1.165) is 5.56 Å². The van der Waals surface area contributed by atoms with Gasteiger partial charge in [0.05, 0.1) is 11.6 Å². The molecule has 108 valence electrons. The van der Waals surface area contributed by atoms with E-state index in [1.54, 1.807) is 24.3 Å². The van der Waals surface area contributed by atoms with Gasteiger partial charge in [-0.05, 0) is 24.3 Å². The lowest BCUT2D eigenvalue weighted by Crippen LogP contribution is -2.00. The summed E-state index contributed by atoms with van der Waals surface area (Å²) in [6.45, 7) is 0.409. The maximum absolute atomic E-state index is 13.3. The normalized spacial score (nSPS) is 9.90. The SMILES string of the molecule is NCC#Cc1cc(F)ccc1COc1cc(Cl)ccc1Cl. The summed E-state index contributed by atoms with van der Waals surface area (Å²) in [5, 5.41) is 0.979. The highest BCUT2D eigenvalue weighted by Gasteiger charge is 2.06. The van der Waals surface area contributed by atoms with E-state index in [9.17, 15) is 4.39 Å². The molecule has 2 aromatic carbocycles. The van der Waals surface area contributed by atoms with Crippen molar-refractivity contribution in [1.82, 2.24) is 0 Å². The fraction of sp³-hybridized carbons (Fsp3) is 0.125. The van der Waals surface area contributed by atoms with Crippen molar-refractivity contribution >= 4 is 23.2 Å². The van der Waals surface area contributed by atoms with Crippen LogP contribution in [0.15, 0.2) is 36.4 Å². The first kappa shape index (κ1) is 15.7. The monoisotopic (exact) mass is 323 g/mol. The lowest BCUT2D eigenvalue weighted by Gasteiger charge is -2.10. The zero-order chi connectivity index (χ0) is 15.2. The summed E-state index contributed by atoms with van der Waals surface area (Å²) in [7, 11) is 0. The Morgan fingerprint density at radius 2 is 1.95 bits per heavy atom. The minimum absolute atomic E-state index is 0.203. The van der Waals surface area contributed by atoms with Gasteiger partial charge in [0.2, 0.25) is 0 Å². The third kappa shape index (κ3) is 4.37. The molecule has 0 atom stereocenters. The number of hydrogen-bond acceptors (Lipinski definition) is 2. The average molecular weight is 324 g/mol. The lowest BCUT2D eigenvalue weighted by atomic mass is 10.1. The van der Waals surface area contributed by atoms with E-state index in [2.05, 4.69) is 11.8 Å².